The van der Waals surface area contributed by atoms with Crippen LogP contribution >= 0.6 is 11.3 Å². The topological polar surface area (TPSA) is 110 Å². The molecule has 0 spiro atoms. The number of carbonyl (C=O) groups is 4. The summed E-state index contributed by atoms with van der Waals surface area (Å²) in [5.41, 5.74) is 8.19. The van der Waals surface area contributed by atoms with Crippen LogP contribution in [-0.4, -0.2) is 35.1 Å². The summed E-state index contributed by atoms with van der Waals surface area (Å²) in [6.45, 7) is 0.478. The Morgan fingerprint density at radius 1 is 0.861 bits per heavy atom. The van der Waals surface area contributed by atoms with E-state index < -0.39 is 5.91 Å². The Labute approximate surface area is 216 Å². The van der Waals surface area contributed by atoms with Crippen LogP contribution in [0.2, 0.25) is 0 Å². The Morgan fingerprint density at radius 2 is 1.44 bits per heavy atom. The van der Waals surface area contributed by atoms with E-state index >= 15 is 0 Å². The molecule has 4 rings (SSSR count). The summed E-state index contributed by atoms with van der Waals surface area (Å²) < 4.78 is 0. The Bertz CT molecular complexity index is 1100. The normalized spacial score (nSPS) is 14.6. The fourth-order valence-corrected chi connectivity index (χ4v) is 6.47. The van der Waals surface area contributed by atoms with E-state index in [0.717, 1.165) is 82.6 Å². The second kappa shape index (κ2) is 12.3. The van der Waals surface area contributed by atoms with Crippen molar-refractivity contribution < 1.29 is 19.2 Å². The fourth-order valence-electron chi connectivity index (χ4n) is 5.16. The van der Waals surface area contributed by atoms with Gasteiger partial charge in [0.2, 0.25) is 5.91 Å². The van der Waals surface area contributed by atoms with Crippen LogP contribution < -0.4 is 11.1 Å². The van der Waals surface area contributed by atoms with Gasteiger partial charge in [-0.2, -0.15) is 0 Å². The monoisotopic (exact) mass is 509 g/mol. The fraction of sp³-hybridized carbons (Fsp3) is 0.500. The number of rotatable bonds is 13. The van der Waals surface area contributed by atoms with Crippen LogP contribution in [0.3, 0.4) is 0 Å². The molecule has 1 aromatic carbocycles. The van der Waals surface area contributed by atoms with Crippen molar-refractivity contribution in [1.82, 2.24) is 4.90 Å². The number of nitrogens with zero attached hydrogens (tertiary/aromatic N) is 1. The molecular weight excluding hydrogens is 474 g/mol. The molecule has 1 aliphatic carbocycles. The molecule has 0 fully saturated rings. The Morgan fingerprint density at radius 3 is 2.08 bits per heavy atom. The van der Waals surface area contributed by atoms with Gasteiger partial charge in [-0.25, -0.2) is 0 Å². The summed E-state index contributed by atoms with van der Waals surface area (Å²) in [7, 11) is 0. The second-order valence-corrected chi connectivity index (χ2v) is 10.8. The van der Waals surface area contributed by atoms with Gasteiger partial charge in [-0.3, -0.25) is 24.1 Å². The summed E-state index contributed by atoms with van der Waals surface area (Å²) in [4.78, 5) is 51.7. The van der Waals surface area contributed by atoms with Crippen LogP contribution in [0.15, 0.2) is 24.3 Å². The molecule has 0 saturated carbocycles. The van der Waals surface area contributed by atoms with Gasteiger partial charge in [-0.15, -0.1) is 11.3 Å². The third-order valence-corrected chi connectivity index (χ3v) is 8.29. The van der Waals surface area contributed by atoms with E-state index in [4.69, 9.17) is 5.73 Å². The average Bonchev–Trinajstić information content (AvgIpc) is 3.35. The molecule has 7 nitrogen and oxygen atoms in total. The first-order valence-electron chi connectivity index (χ1n) is 13.2. The molecule has 2 aromatic rings. The van der Waals surface area contributed by atoms with Crippen LogP contribution in [-0.2, 0) is 17.6 Å². The average molecular weight is 510 g/mol. The van der Waals surface area contributed by atoms with Crippen molar-refractivity contribution in [3.05, 3.63) is 51.4 Å². The Balaban J connectivity index is 1.06. The maximum Gasteiger partial charge on any atom is 0.261 e. The number of aryl methyl sites for hydroxylation is 1. The van der Waals surface area contributed by atoms with E-state index in [0.29, 0.717) is 34.7 Å². The van der Waals surface area contributed by atoms with Crippen LogP contribution in [0.5, 0.6) is 0 Å². The van der Waals surface area contributed by atoms with E-state index in [-0.39, 0.29) is 17.7 Å². The van der Waals surface area contributed by atoms with E-state index in [1.807, 2.05) is 0 Å². The van der Waals surface area contributed by atoms with E-state index in [9.17, 15) is 19.2 Å². The minimum Gasteiger partial charge on any atom is -0.365 e. The highest BCUT2D eigenvalue weighted by Crippen LogP contribution is 2.38. The molecule has 2 heterocycles. The molecular formula is C28H35N3O4S. The lowest BCUT2D eigenvalue weighted by molar-refractivity contribution is -0.116. The lowest BCUT2D eigenvalue weighted by Crippen LogP contribution is -2.30. The maximum atomic E-state index is 12.4. The van der Waals surface area contributed by atoms with E-state index in [2.05, 4.69) is 5.32 Å². The summed E-state index contributed by atoms with van der Waals surface area (Å²) in [5.74, 6) is -0.856. The van der Waals surface area contributed by atoms with Gasteiger partial charge in [-0.05, 0) is 56.2 Å². The maximum absolute atomic E-state index is 12.4. The molecule has 0 unspecified atom stereocenters. The minimum absolute atomic E-state index is 0.0516. The van der Waals surface area contributed by atoms with Crippen molar-refractivity contribution in [3.63, 3.8) is 0 Å². The van der Waals surface area contributed by atoms with Gasteiger partial charge in [0.1, 0.15) is 5.00 Å². The molecule has 2 aliphatic rings. The van der Waals surface area contributed by atoms with Crippen LogP contribution in [0.4, 0.5) is 5.00 Å². The highest BCUT2D eigenvalue weighted by atomic mass is 32.1. The summed E-state index contributed by atoms with van der Waals surface area (Å²) >= 11 is 1.51. The predicted molar refractivity (Wildman–Crippen MR) is 141 cm³/mol. The van der Waals surface area contributed by atoms with Gasteiger partial charge in [0.05, 0.1) is 16.7 Å². The molecule has 1 aliphatic heterocycles. The predicted octanol–water partition coefficient (Wildman–Crippen LogP) is 5.47. The number of hydrogen-bond donors (Lipinski definition) is 2. The number of fused-ring (bicyclic) bond motifs is 2. The smallest absolute Gasteiger partial charge is 0.261 e. The molecule has 0 radical (unpaired) electrons. The van der Waals surface area contributed by atoms with Gasteiger partial charge in [0.25, 0.3) is 17.7 Å². The second-order valence-electron chi connectivity index (χ2n) is 9.71. The molecule has 192 valence electrons. The van der Waals surface area contributed by atoms with Gasteiger partial charge in [0, 0.05) is 17.8 Å². The first kappa shape index (κ1) is 26.1. The van der Waals surface area contributed by atoms with Crippen molar-refractivity contribution in [2.75, 3.05) is 11.9 Å². The van der Waals surface area contributed by atoms with Crippen molar-refractivity contribution in [2.45, 2.75) is 83.5 Å². The summed E-state index contributed by atoms with van der Waals surface area (Å²) in [6, 6.07) is 7.00. The largest absolute Gasteiger partial charge is 0.365 e. The molecule has 0 bridgehead atoms. The van der Waals surface area contributed by atoms with E-state index in [1.165, 1.54) is 21.1 Å². The van der Waals surface area contributed by atoms with Crippen LogP contribution in [0, 0.1) is 0 Å². The zero-order valence-electron chi connectivity index (χ0n) is 20.8. The highest BCUT2D eigenvalue weighted by molar-refractivity contribution is 7.17. The van der Waals surface area contributed by atoms with E-state index in [1.54, 1.807) is 24.3 Å². The van der Waals surface area contributed by atoms with Gasteiger partial charge >= 0.3 is 0 Å². The molecule has 36 heavy (non-hydrogen) atoms. The number of carbonyl (C=O) groups excluding carboxylic acids is 4. The molecule has 0 atom stereocenters. The summed E-state index contributed by atoms with van der Waals surface area (Å²) in [6.07, 6.45) is 12.4. The van der Waals surface area contributed by atoms with Crippen LogP contribution in [0.1, 0.15) is 112 Å². The first-order chi connectivity index (χ1) is 17.5. The SMILES string of the molecule is NC(=O)c1c(NC(=O)CCCCCCCCCCN2C(=O)c3ccccc3C2=O)sc2c1CCCC2. The highest BCUT2D eigenvalue weighted by Gasteiger charge is 2.34. The number of unbranched alkanes of at least 4 members (excludes halogenated alkanes) is 7. The summed E-state index contributed by atoms with van der Waals surface area (Å²) in [5, 5.41) is 3.56. The first-order valence-corrected chi connectivity index (χ1v) is 14.0. The van der Waals surface area contributed by atoms with Crippen molar-refractivity contribution in [3.8, 4) is 0 Å². The lowest BCUT2D eigenvalue weighted by atomic mass is 9.95. The standard InChI is InChI=1S/C28H35N3O4S/c29-25(33)24-21-15-10-11-16-22(21)36-26(24)30-23(32)17-7-5-3-1-2-4-6-12-18-31-27(34)19-13-8-9-14-20(19)28(31)35/h8-9,13-14H,1-7,10-12,15-18H2,(H2,29,33)(H,30,32). The number of hydrogen-bond acceptors (Lipinski definition) is 5. The number of thiophene rings is 1. The number of primary amides is 1. The number of imide groups is 1. The number of nitrogens with one attached hydrogen (secondary N) is 1. The quantitative estimate of drug-likeness (QED) is 0.275. The van der Waals surface area contributed by atoms with Gasteiger partial charge in [-0.1, -0.05) is 50.7 Å². The molecule has 0 saturated heterocycles. The minimum atomic E-state index is -0.451. The zero-order valence-corrected chi connectivity index (χ0v) is 21.6. The van der Waals surface area contributed by atoms with Crippen molar-refractivity contribution >= 4 is 40.0 Å². The Hall–Kier alpha value is -3.00. The van der Waals surface area contributed by atoms with Crippen LogP contribution in [0.25, 0.3) is 0 Å². The number of benzene rings is 1. The molecule has 3 N–H and O–H groups in total. The number of nitrogens with two attached hydrogens (primary N) is 1. The third kappa shape index (κ3) is 6.03. The molecule has 8 heteroatoms. The number of anilines is 1. The lowest BCUT2D eigenvalue weighted by Gasteiger charge is -2.13. The molecule has 4 amide bonds. The zero-order chi connectivity index (χ0) is 25.5. The third-order valence-electron chi connectivity index (χ3n) is 7.08. The van der Waals surface area contributed by atoms with Gasteiger partial charge in [0.15, 0.2) is 0 Å². The van der Waals surface area contributed by atoms with Gasteiger partial charge < -0.3 is 11.1 Å². The van der Waals surface area contributed by atoms with Crippen molar-refractivity contribution in [1.29, 1.82) is 0 Å². The molecule has 1 aromatic heterocycles. The van der Waals surface area contributed by atoms with Crippen molar-refractivity contribution in [2.24, 2.45) is 5.73 Å². The Kier molecular flexibility index (Phi) is 8.91. The number of amides is 4.